The van der Waals surface area contributed by atoms with Gasteiger partial charge in [0.2, 0.25) is 10.0 Å². The second kappa shape index (κ2) is 7.14. The Kier molecular flexibility index (Phi) is 5.13. The summed E-state index contributed by atoms with van der Waals surface area (Å²) in [6.45, 7) is 1.42. The van der Waals surface area contributed by atoms with Crippen LogP contribution in [0, 0.1) is 0 Å². The molecule has 10 heteroatoms. The summed E-state index contributed by atoms with van der Waals surface area (Å²) in [7, 11) is -7.16. The van der Waals surface area contributed by atoms with Crippen molar-refractivity contribution in [1.82, 2.24) is 4.31 Å². The van der Waals surface area contributed by atoms with Crippen LogP contribution in [0.1, 0.15) is 24.8 Å². The molecule has 1 saturated heterocycles. The van der Waals surface area contributed by atoms with E-state index in [-0.39, 0.29) is 9.10 Å². The number of rotatable bonds is 4. The van der Waals surface area contributed by atoms with Gasteiger partial charge >= 0.3 is 0 Å². The van der Waals surface area contributed by atoms with E-state index in [0.717, 1.165) is 28.6 Å². The number of fused-ring (bicyclic) bond motifs is 1. The van der Waals surface area contributed by atoms with Gasteiger partial charge in [-0.3, -0.25) is 4.31 Å². The third kappa shape index (κ3) is 3.46. The molecular weight excluding hydrogens is 472 g/mol. The molecule has 146 valence electrons. The van der Waals surface area contributed by atoms with Gasteiger partial charge in [0, 0.05) is 19.6 Å². The number of hydrogen-bond acceptors (Lipinski definition) is 5. The first-order valence-electron chi connectivity index (χ1n) is 8.71. The first-order chi connectivity index (χ1) is 12.8. The van der Waals surface area contributed by atoms with Crippen LogP contribution in [0.3, 0.4) is 0 Å². The van der Waals surface area contributed by atoms with Crippen molar-refractivity contribution in [2.45, 2.75) is 34.8 Å². The van der Waals surface area contributed by atoms with Crippen molar-refractivity contribution in [2.75, 3.05) is 23.9 Å². The number of nitrogens with zero attached hydrogens (tertiary/aromatic N) is 2. The van der Waals surface area contributed by atoms with Gasteiger partial charge in [-0.05, 0) is 71.1 Å². The Balaban J connectivity index is 1.67. The second-order valence-corrected chi connectivity index (χ2v) is 13.1. The zero-order valence-electron chi connectivity index (χ0n) is 14.5. The predicted molar refractivity (Wildman–Crippen MR) is 109 cm³/mol. The number of piperidine rings is 1. The van der Waals surface area contributed by atoms with E-state index < -0.39 is 20.0 Å². The summed E-state index contributed by atoms with van der Waals surface area (Å²) in [6, 6.07) is 8.08. The first kappa shape index (κ1) is 19.4. The molecule has 6 nitrogen and oxygen atoms in total. The van der Waals surface area contributed by atoms with E-state index in [4.69, 9.17) is 0 Å². The Morgan fingerprint density at radius 3 is 2.30 bits per heavy atom. The van der Waals surface area contributed by atoms with Crippen LogP contribution in [-0.4, -0.2) is 40.8 Å². The second-order valence-electron chi connectivity index (χ2n) is 6.64. The van der Waals surface area contributed by atoms with Crippen LogP contribution in [-0.2, 0) is 26.5 Å². The summed E-state index contributed by atoms with van der Waals surface area (Å²) in [4.78, 5) is 0.251. The summed E-state index contributed by atoms with van der Waals surface area (Å²) in [6.07, 6.45) is 3.32. The molecule has 0 radical (unpaired) electrons. The molecule has 4 rings (SSSR count). The van der Waals surface area contributed by atoms with Gasteiger partial charge < -0.3 is 0 Å². The highest BCUT2D eigenvalue weighted by Gasteiger charge is 2.34. The molecule has 0 spiro atoms. The Morgan fingerprint density at radius 1 is 0.889 bits per heavy atom. The monoisotopic (exact) mass is 490 g/mol. The third-order valence-corrected chi connectivity index (χ3v) is 10.7. The summed E-state index contributed by atoms with van der Waals surface area (Å²) in [5.41, 5.74) is 1.32. The first-order valence-corrected chi connectivity index (χ1v) is 13.2. The average Bonchev–Trinajstić information content (AvgIpc) is 3.28. The average molecular weight is 491 g/mol. The molecule has 0 amide bonds. The standard InChI is InChI=1S/C17H19BrN2O4S3/c18-16-6-7-17(25-16)27(23,24)20-11-8-13-12-14(4-5-15(13)20)26(21,22)19-9-2-1-3-10-19/h4-7,12H,1-3,8-11H2. The van der Waals surface area contributed by atoms with E-state index in [1.54, 1.807) is 24.3 Å². The third-order valence-electron chi connectivity index (χ3n) is 4.95. The molecule has 1 aromatic carbocycles. The van der Waals surface area contributed by atoms with Crippen molar-refractivity contribution in [3.63, 3.8) is 0 Å². The minimum absolute atomic E-state index is 0.251. The SMILES string of the molecule is O=S(=O)(c1ccc2c(c1)CCN2S(=O)(=O)c1ccc(Br)s1)N1CCCCC1. The number of sulfonamides is 2. The Labute approximate surface area is 172 Å². The molecule has 3 heterocycles. The van der Waals surface area contributed by atoms with E-state index >= 15 is 0 Å². The lowest BCUT2D eigenvalue weighted by Crippen LogP contribution is -2.35. The predicted octanol–water partition coefficient (Wildman–Crippen LogP) is 3.44. The van der Waals surface area contributed by atoms with Gasteiger partial charge in [-0.25, -0.2) is 16.8 Å². The molecule has 0 unspecified atom stereocenters. The zero-order valence-corrected chi connectivity index (χ0v) is 18.5. The van der Waals surface area contributed by atoms with Crippen LogP contribution in [0.2, 0.25) is 0 Å². The van der Waals surface area contributed by atoms with Gasteiger partial charge in [-0.15, -0.1) is 11.3 Å². The summed E-state index contributed by atoms with van der Waals surface area (Å²) >= 11 is 4.47. The van der Waals surface area contributed by atoms with Gasteiger partial charge in [0.15, 0.2) is 0 Å². The number of halogens is 1. The Hall–Kier alpha value is -0.940. The normalized spacial score (nSPS) is 18.6. The van der Waals surface area contributed by atoms with E-state index in [0.29, 0.717) is 31.7 Å². The molecular formula is C17H19BrN2O4S3. The highest BCUT2D eigenvalue weighted by molar-refractivity contribution is 9.11. The van der Waals surface area contributed by atoms with E-state index in [9.17, 15) is 16.8 Å². The smallest absolute Gasteiger partial charge is 0.265 e. The molecule has 1 aromatic heterocycles. The fraction of sp³-hybridized carbons (Fsp3) is 0.412. The maximum absolute atomic E-state index is 12.9. The van der Waals surface area contributed by atoms with Crippen LogP contribution in [0.5, 0.6) is 0 Å². The van der Waals surface area contributed by atoms with Gasteiger partial charge in [-0.1, -0.05) is 6.42 Å². The van der Waals surface area contributed by atoms with Crippen LogP contribution in [0.4, 0.5) is 5.69 Å². The van der Waals surface area contributed by atoms with E-state index in [1.807, 2.05) is 0 Å². The lowest BCUT2D eigenvalue weighted by atomic mass is 10.2. The number of thiophene rings is 1. The molecule has 27 heavy (non-hydrogen) atoms. The molecule has 2 aliphatic rings. The maximum Gasteiger partial charge on any atom is 0.273 e. The number of hydrogen-bond donors (Lipinski definition) is 0. The Bertz CT molecular complexity index is 1070. The van der Waals surface area contributed by atoms with Gasteiger partial charge in [0.1, 0.15) is 4.21 Å². The van der Waals surface area contributed by atoms with Crippen molar-refractivity contribution < 1.29 is 16.8 Å². The minimum Gasteiger partial charge on any atom is -0.265 e. The minimum atomic E-state index is -3.64. The number of anilines is 1. The van der Waals surface area contributed by atoms with Gasteiger partial charge in [0.25, 0.3) is 10.0 Å². The lowest BCUT2D eigenvalue weighted by Gasteiger charge is -2.26. The van der Waals surface area contributed by atoms with Crippen LogP contribution in [0.15, 0.2) is 43.2 Å². The molecule has 0 N–H and O–H groups in total. The highest BCUT2D eigenvalue weighted by Crippen LogP contribution is 2.37. The van der Waals surface area contributed by atoms with Crippen LogP contribution in [0.25, 0.3) is 0 Å². The summed E-state index contributed by atoms with van der Waals surface area (Å²) in [5.74, 6) is 0. The zero-order chi connectivity index (χ0) is 19.2. The number of benzene rings is 1. The largest absolute Gasteiger partial charge is 0.273 e. The molecule has 1 fully saturated rings. The lowest BCUT2D eigenvalue weighted by molar-refractivity contribution is 0.346. The van der Waals surface area contributed by atoms with Crippen LogP contribution >= 0.6 is 27.3 Å². The van der Waals surface area contributed by atoms with Crippen molar-refractivity contribution in [1.29, 1.82) is 0 Å². The molecule has 2 aromatic rings. The fourth-order valence-electron chi connectivity index (χ4n) is 3.56. The summed E-state index contributed by atoms with van der Waals surface area (Å²) in [5, 5.41) is 0. The summed E-state index contributed by atoms with van der Waals surface area (Å²) < 4.78 is 55.5. The molecule has 0 atom stereocenters. The van der Waals surface area contributed by atoms with Gasteiger partial charge in [0.05, 0.1) is 14.4 Å². The van der Waals surface area contributed by atoms with E-state index in [2.05, 4.69) is 15.9 Å². The molecule has 0 aliphatic carbocycles. The van der Waals surface area contributed by atoms with Gasteiger partial charge in [-0.2, -0.15) is 4.31 Å². The fourth-order valence-corrected chi connectivity index (χ4v) is 8.75. The quantitative estimate of drug-likeness (QED) is 0.657. The van der Waals surface area contributed by atoms with Crippen LogP contribution < -0.4 is 4.31 Å². The maximum atomic E-state index is 12.9. The Morgan fingerprint density at radius 2 is 1.63 bits per heavy atom. The van der Waals surface area contributed by atoms with Crippen molar-refractivity contribution in [3.8, 4) is 0 Å². The van der Waals surface area contributed by atoms with E-state index in [1.165, 1.54) is 26.0 Å². The molecule has 0 bridgehead atoms. The topological polar surface area (TPSA) is 74.8 Å². The molecule has 0 saturated carbocycles. The van der Waals surface area contributed by atoms with Crippen molar-refractivity contribution >= 4 is 53.0 Å². The highest BCUT2D eigenvalue weighted by atomic mass is 79.9. The van der Waals surface area contributed by atoms with Crippen molar-refractivity contribution in [2.24, 2.45) is 0 Å². The van der Waals surface area contributed by atoms with Crippen molar-refractivity contribution in [3.05, 3.63) is 39.7 Å². The molecule has 2 aliphatic heterocycles.